The number of nitrogens with zero attached hydrogens (tertiary/aromatic N) is 2. The van der Waals surface area contributed by atoms with Crippen molar-refractivity contribution < 1.29 is 9.34 Å². The number of oxazole rings is 1. The molecule has 1 aromatic heterocycles. The topological polar surface area (TPSA) is 61.2 Å². The van der Waals surface area contributed by atoms with E-state index >= 15 is 0 Å². The van der Waals surface area contributed by atoms with Gasteiger partial charge in [0.05, 0.1) is 17.0 Å². The molecular weight excluding hydrogens is 288 g/mol. The Hall–Kier alpha value is -2.47. The van der Waals surface area contributed by atoms with Gasteiger partial charge in [-0.3, -0.25) is 14.7 Å². The molecule has 0 fully saturated rings. The predicted octanol–water partition coefficient (Wildman–Crippen LogP) is 4.23. The third-order valence-corrected chi connectivity index (χ3v) is 3.64. The Morgan fingerprint density at radius 3 is 2.81 bits per heavy atom. The van der Waals surface area contributed by atoms with E-state index in [0.717, 1.165) is 11.1 Å². The average molecular weight is 300 g/mol. The number of rotatable bonds is 3. The van der Waals surface area contributed by atoms with Crippen LogP contribution in [0, 0.1) is 21.9 Å². The van der Waals surface area contributed by atoms with Crippen LogP contribution in [-0.2, 0) is 6.54 Å². The van der Waals surface area contributed by atoms with Gasteiger partial charge < -0.3 is 4.42 Å². The van der Waals surface area contributed by atoms with Crippen LogP contribution in [0.1, 0.15) is 11.1 Å². The highest BCUT2D eigenvalue weighted by Crippen LogP contribution is 2.24. The molecule has 3 aromatic rings. The fourth-order valence-corrected chi connectivity index (χ4v) is 2.57. The molecule has 3 rings (SSSR count). The molecular formula is C15H12N2O3S. The summed E-state index contributed by atoms with van der Waals surface area (Å²) in [5.74, 6) is 0. The molecule has 0 N–H and O–H groups in total. The lowest BCUT2D eigenvalue weighted by Crippen LogP contribution is -2.03. The first-order valence-electron chi connectivity index (χ1n) is 6.38. The number of hydrogen-bond acceptors (Lipinski definition) is 4. The van der Waals surface area contributed by atoms with Crippen LogP contribution < -0.4 is 0 Å². The van der Waals surface area contributed by atoms with E-state index < -0.39 is 0 Å². The van der Waals surface area contributed by atoms with Crippen LogP contribution >= 0.6 is 12.2 Å². The summed E-state index contributed by atoms with van der Waals surface area (Å²) in [5.41, 5.74) is 3.29. The first-order chi connectivity index (χ1) is 10.1. The fraction of sp³-hybridized carbons (Fsp3) is 0.133. The van der Waals surface area contributed by atoms with Crippen molar-refractivity contribution in [1.29, 1.82) is 0 Å². The number of benzene rings is 2. The van der Waals surface area contributed by atoms with E-state index in [1.165, 1.54) is 6.07 Å². The van der Waals surface area contributed by atoms with Crippen LogP contribution in [0.25, 0.3) is 11.1 Å². The molecule has 21 heavy (non-hydrogen) atoms. The highest BCUT2D eigenvalue weighted by molar-refractivity contribution is 7.71. The molecule has 0 atom stereocenters. The number of aromatic nitrogens is 1. The Morgan fingerprint density at radius 1 is 1.29 bits per heavy atom. The van der Waals surface area contributed by atoms with Crippen LogP contribution in [0.15, 0.2) is 46.9 Å². The van der Waals surface area contributed by atoms with Crippen LogP contribution in [0.3, 0.4) is 0 Å². The minimum absolute atomic E-state index is 0.0846. The van der Waals surface area contributed by atoms with Gasteiger partial charge in [-0.15, -0.1) is 0 Å². The lowest BCUT2D eigenvalue weighted by atomic mass is 10.1. The van der Waals surface area contributed by atoms with Crippen molar-refractivity contribution in [3.63, 3.8) is 0 Å². The monoisotopic (exact) mass is 300 g/mol. The van der Waals surface area contributed by atoms with Gasteiger partial charge in [0, 0.05) is 11.6 Å². The number of nitro groups is 1. The third kappa shape index (κ3) is 2.45. The molecule has 6 heteroatoms. The smallest absolute Gasteiger partial charge is 0.274 e. The predicted molar refractivity (Wildman–Crippen MR) is 82.0 cm³/mol. The summed E-state index contributed by atoms with van der Waals surface area (Å²) in [4.78, 5) is 11.0. The van der Waals surface area contributed by atoms with Gasteiger partial charge in [-0.05, 0) is 36.8 Å². The largest absolute Gasteiger partial charge is 0.429 e. The quantitative estimate of drug-likeness (QED) is 0.412. The van der Waals surface area contributed by atoms with Gasteiger partial charge in [0.1, 0.15) is 0 Å². The van der Waals surface area contributed by atoms with Crippen molar-refractivity contribution in [2.45, 2.75) is 13.5 Å². The van der Waals surface area contributed by atoms with Crippen molar-refractivity contribution in [2.24, 2.45) is 0 Å². The molecule has 0 amide bonds. The second-order valence-electron chi connectivity index (χ2n) is 4.81. The Balaban J connectivity index is 2.15. The zero-order chi connectivity index (χ0) is 15.0. The minimum atomic E-state index is -0.382. The van der Waals surface area contributed by atoms with Gasteiger partial charge in [0.2, 0.25) is 0 Å². The van der Waals surface area contributed by atoms with Crippen molar-refractivity contribution in [3.05, 3.63) is 68.5 Å². The van der Waals surface area contributed by atoms with E-state index in [-0.39, 0.29) is 10.6 Å². The highest BCUT2D eigenvalue weighted by atomic mass is 32.1. The number of para-hydroxylation sites is 1. The zero-order valence-corrected chi connectivity index (χ0v) is 12.1. The number of fused-ring (bicyclic) bond motifs is 1. The van der Waals surface area contributed by atoms with E-state index in [9.17, 15) is 10.1 Å². The molecule has 2 aromatic carbocycles. The maximum Gasteiger partial charge on any atom is 0.274 e. The summed E-state index contributed by atoms with van der Waals surface area (Å²) >= 11 is 5.23. The normalized spacial score (nSPS) is 10.9. The molecule has 0 saturated heterocycles. The Bertz CT molecular complexity index is 895. The second-order valence-corrected chi connectivity index (χ2v) is 5.16. The summed E-state index contributed by atoms with van der Waals surface area (Å²) in [6.07, 6.45) is 0. The van der Waals surface area contributed by atoms with Crippen LogP contribution in [0.5, 0.6) is 0 Å². The summed E-state index contributed by atoms with van der Waals surface area (Å²) in [7, 11) is 0. The molecule has 106 valence electrons. The summed E-state index contributed by atoms with van der Waals surface area (Å²) in [6, 6.07) is 12.4. The average Bonchev–Trinajstić information content (AvgIpc) is 2.75. The minimum Gasteiger partial charge on any atom is -0.429 e. The highest BCUT2D eigenvalue weighted by Gasteiger charge is 2.15. The Morgan fingerprint density at radius 2 is 2.05 bits per heavy atom. The van der Waals surface area contributed by atoms with Crippen molar-refractivity contribution >= 4 is 29.0 Å². The molecule has 0 aliphatic heterocycles. The maximum atomic E-state index is 11.1. The summed E-state index contributed by atoms with van der Waals surface area (Å²) < 4.78 is 7.31. The fourth-order valence-electron chi connectivity index (χ4n) is 2.31. The van der Waals surface area contributed by atoms with Gasteiger partial charge in [-0.1, -0.05) is 24.3 Å². The van der Waals surface area contributed by atoms with Gasteiger partial charge in [-0.2, -0.15) is 0 Å². The van der Waals surface area contributed by atoms with E-state index in [1.54, 1.807) is 22.8 Å². The number of nitro benzene ring substituents is 1. The SMILES string of the molecule is Cc1ccc2oc(=S)n(Cc3ccccc3[N+](=O)[O-])c2c1. The molecule has 5 nitrogen and oxygen atoms in total. The zero-order valence-electron chi connectivity index (χ0n) is 11.3. The molecule has 1 heterocycles. The second kappa shape index (κ2) is 5.14. The van der Waals surface area contributed by atoms with Crippen molar-refractivity contribution in [1.82, 2.24) is 4.57 Å². The molecule has 0 saturated carbocycles. The first kappa shape index (κ1) is 13.5. The maximum absolute atomic E-state index is 11.1. The van der Waals surface area contributed by atoms with Crippen molar-refractivity contribution in [2.75, 3.05) is 0 Å². The molecule has 0 spiro atoms. The summed E-state index contributed by atoms with van der Waals surface area (Å²) in [5, 5.41) is 11.1. The molecule has 0 unspecified atom stereocenters. The lowest BCUT2D eigenvalue weighted by molar-refractivity contribution is -0.385. The Kier molecular flexibility index (Phi) is 3.31. The number of hydrogen-bond donors (Lipinski definition) is 0. The van der Waals surface area contributed by atoms with Gasteiger partial charge in [0.15, 0.2) is 5.58 Å². The number of aryl methyl sites for hydroxylation is 1. The van der Waals surface area contributed by atoms with Crippen LogP contribution in [0.2, 0.25) is 0 Å². The summed E-state index contributed by atoms with van der Waals surface area (Å²) in [6.45, 7) is 2.29. The van der Waals surface area contributed by atoms with Gasteiger partial charge in [-0.25, -0.2) is 0 Å². The Labute approximate surface area is 125 Å². The van der Waals surface area contributed by atoms with E-state index in [1.807, 2.05) is 25.1 Å². The molecule has 0 radical (unpaired) electrons. The van der Waals surface area contributed by atoms with Gasteiger partial charge >= 0.3 is 0 Å². The van der Waals surface area contributed by atoms with E-state index in [0.29, 0.717) is 22.5 Å². The van der Waals surface area contributed by atoms with E-state index in [2.05, 4.69) is 0 Å². The van der Waals surface area contributed by atoms with Crippen molar-refractivity contribution in [3.8, 4) is 0 Å². The molecule has 0 bridgehead atoms. The molecule has 0 aliphatic carbocycles. The standard InChI is InChI=1S/C15H12N2O3S/c1-10-6-7-14-13(8-10)16(15(21)20-14)9-11-4-2-3-5-12(11)17(18)19/h2-8H,9H2,1H3. The molecule has 0 aliphatic rings. The lowest BCUT2D eigenvalue weighted by Gasteiger charge is -2.05. The third-order valence-electron chi connectivity index (χ3n) is 3.34. The van der Waals surface area contributed by atoms with Crippen LogP contribution in [0.4, 0.5) is 5.69 Å². The first-order valence-corrected chi connectivity index (χ1v) is 6.79. The van der Waals surface area contributed by atoms with Crippen LogP contribution in [-0.4, -0.2) is 9.49 Å². The van der Waals surface area contributed by atoms with Gasteiger partial charge in [0.25, 0.3) is 10.5 Å². The van der Waals surface area contributed by atoms with E-state index in [4.69, 9.17) is 16.6 Å².